The minimum absolute atomic E-state index is 0.245. The maximum absolute atomic E-state index is 12.1. The maximum atomic E-state index is 12.1. The number of amides is 1. The molecule has 0 fully saturated rings. The van der Waals surface area contributed by atoms with Crippen molar-refractivity contribution in [2.75, 3.05) is 5.32 Å². The van der Waals surface area contributed by atoms with Crippen molar-refractivity contribution < 1.29 is 9.53 Å². The standard InChI is InChI=1S/C14H14BrClN2O2S/c1-7-9(3)21-14(17-7)18-13(19)8(2)20-12-5-4-10(16)6-11(12)15/h4-6,8H,1-3H3,(H,17,18,19). The topological polar surface area (TPSA) is 51.2 Å². The highest BCUT2D eigenvalue weighted by Gasteiger charge is 2.18. The molecule has 1 heterocycles. The van der Waals surface area contributed by atoms with Crippen LogP contribution in [0.4, 0.5) is 5.13 Å². The van der Waals surface area contributed by atoms with Gasteiger partial charge in [-0.25, -0.2) is 4.98 Å². The van der Waals surface area contributed by atoms with Crippen LogP contribution in [0.5, 0.6) is 5.75 Å². The molecule has 1 atom stereocenters. The molecule has 0 bridgehead atoms. The van der Waals surface area contributed by atoms with E-state index in [1.165, 1.54) is 11.3 Å². The number of aryl methyl sites for hydroxylation is 2. The molecule has 2 aromatic rings. The molecule has 0 saturated heterocycles. The number of hydrogen-bond donors (Lipinski definition) is 1. The van der Waals surface area contributed by atoms with E-state index in [1.807, 2.05) is 13.8 Å². The first kappa shape index (κ1) is 16.3. The first-order valence-corrected chi connectivity index (χ1v) is 8.22. The lowest BCUT2D eigenvalue weighted by atomic mass is 10.3. The monoisotopic (exact) mass is 388 g/mol. The number of halogens is 2. The molecule has 7 heteroatoms. The van der Waals surface area contributed by atoms with Crippen molar-refractivity contribution >= 4 is 49.9 Å². The van der Waals surface area contributed by atoms with Gasteiger partial charge in [-0.1, -0.05) is 11.6 Å². The lowest BCUT2D eigenvalue weighted by molar-refractivity contribution is -0.122. The van der Waals surface area contributed by atoms with Gasteiger partial charge in [-0.2, -0.15) is 0 Å². The molecule has 112 valence electrons. The van der Waals surface area contributed by atoms with Crippen LogP contribution in [0, 0.1) is 13.8 Å². The number of hydrogen-bond acceptors (Lipinski definition) is 4. The Kier molecular flexibility index (Phi) is 5.24. The number of nitrogens with zero attached hydrogens (tertiary/aromatic N) is 1. The Morgan fingerprint density at radius 2 is 2.19 bits per heavy atom. The third-order valence-electron chi connectivity index (χ3n) is 2.83. The summed E-state index contributed by atoms with van der Waals surface area (Å²) in [6.07, 6.45) is -0.646. The van der Waals surface area contributed by atoms with Gasteiger partial charge >= 0.3 is 0 Å². The van der Waals surface area contributed by atoms with Gasteiger partial charge in [0.1, 0.15) is 5.75 Å². The van der Waals surface area contributed by atoms with Gasteiger partial charge in [0.15, 0.2) is 11.2 Å². The number of anilines is 1. The molecule has 0 aliphatic rings. The van der Waals surface area contributed by atoms with Gasteiger partial charge in [0.2, 0.25) is 0 Å². The van der Waals surface area contributed by atoms with Crippen LogP contribution in [0.25, 0.3) is 0 Å². The van der Waals surface area contributed by atoms with Gasteiger partial charge in [-0.05, 0) is 54.9 Å². The van der Waals surface area contributed by atoms with Crippen molar-refractivity contribution in [2.45, 2.75) is 26.9 Å². The van der Waals surface area contributed by atoms with Crippen molar-refractivity contribution in [3.05, 3.63) is 38.3 Å². The van der Waals surface area contributed by atoms with Crippen molar-refractivity contribution in [3.8, 4) is 5.75 Å². The molecule has 21 heavy (non-hydrogen) atoms. The Labute approximate surface area is 140 Å². The Balaban J connectivity index is 2.02. The van der Waals surface area contributed by atoms with Gasteiger partial charge < -0.3 is 4.74 Å². The summed E-state index contributed by atoms with van der Waals surface area (Å²) in [4.78, 5) is 17.5. The molecule has 0 aliphatic heterocycles. The predicted octanol–water partition coefficient (Wildman–Crippen LogP) is 4.58. The summed E-state index contributed by atoms with van der Waals surface area (Å²) in [6.45, 7) is 5.56. The summed E-state index contributed by atoms with van der Waals surface area (Å²) in [7, 11) is 0. The van der Waals surface area contributed by atoms with Gasteiger partial charge in [0.25, 0.3) is 5.91 Å². The summed E-state index contributed by atoms with van der Waals surface area (Å²) in [6, 6.07) is 5.14. The molecule has 2 rings (SSSR count). The maximum Gasteiger partial charge on any atom is 0.266 e. The highest BCUT2D eigenvalue weighted by Crippen LogP contribution is 2.29. The van der Waals surface area contributed by atoms with Crippen LogP contribution < -0.4 is 10.1 Å². The van der Waals surface area contributed by atoms with E-state index in [2.05, 4.69) is 26.2 Å². The van der Waals surface area contributed by atoms with Crippen LogP contribution in [-0.4, -0.2) is 17.0 Å². The Hall–Kier alpha value is -1.11. The molecule has 1 aromatic heterocycles. The van der Waals surface area contributed by atoms with Gasteiger partial charge in [0, 0.05) is 9.90 Å². The smallest absolute Gasteiger partial charge is 0.266 e. The van der Waals surface area contributed by atoms with Crippen molar-refractivity contribution in [3.63, 3.8) is 0 Å². The average molecular weight is 390 g/mol. The second kappa shape index (κ2) is 6.77. The minimum Gasteiger partial charge on any atom is -0.480 e. The molecule has 0 spiro atoms. The van der Waals surface area contributed by atoms with E-state index in [-0.39, 0.29) is 5.91 Å². The van der Waals surface area contributed by atoms with Crippen LogP contribution in [-0.2, 0) is 4.79 Å². The number of aromatic nitrogens is 1. The first-order chi connectivity index (χ1) is 9.86. The van der Waals surface area contributed by atoms with E-state index in [9.17, 15) is 4.79 Å². The molecule has 1 amide bonds. The van der Waals surface area contributed by atoms with Crippen molar-refractivity contribution in [1.29, 1.82) is 0 Å². The Bertz CT molecular complexity index is 655. The molecule has 1 unspecified atom stereocenters. The number of carbonyl (C=O) groups is 1. The summed E-state index contributed by atoms with van der Waals surface area (Å²) in [5, 5.41) is 3.94. The quantitative estimate of drug-likeness (QED) is 0.832. The van der Waals surface area contributed by atoms with Crippen LogP contribution in [0.15, 0.2) is 22.7 Å². The fourth-order valence-electron chi connectivity index (χ4n) is 1.55. The SMILES string of the molecule is Cc1nc(NC(=O)C(C)Oc2ccc(Cl)cc2Br)sc1C. The van der Waals surface area contributed by atoms with Gasteiger partial charge in [-0.15, -0.1) is 11.3 Å². The van der Waals surface area contributed by atoms with Crippen molar-refractivity contribution in [1.82, 2.24) is 4.98 Å². The lowest BCUT2D eigenvalue weighted by Gasteiger charge is -2.15. The number of thiazole rings is 1. The molecule has 4 nitrogen and oxygen atoms in total. The van der Waals surface area contributed by atoms with Gasteiger partial charge in [-0.3, -0.25) is 10.1 Å². The first-order valence-electron chi connectivity index (χ1n) is 6.23. The van der Waals surface area contributed by atoms with E-state index in [1.54, 1.807) is 25.1 Å². The highest BCUT2D eigenvalue weighted by molar-refractivity contribution is 9.10. The van der Waals surface area contributed by atoms with E-state index in [4.69, 9.17) is 16.3 Å². The van der Waals surface area contributed by atoms with Gasteiger partial charge in [0.05, 0.1) is 10.2 Å². The summed E-state index contributed by atoms with van der Waals surface area (Å²) < 4.78 is 6.33. The molecule has 1 N–H and O–H groups in total. The zero-order chi connectivity index (χ0) is 15.6. The number of ether oxygens (including phenoxy) is 1. The van der Waals surface area contributed by atoms with E-state index in [0.717, 1.165) is 10.6 Å². The number of benzene rings is 1. The third kappa shape index (κ3) is 4.18. The molecule has 0 aliphatic carbocycles. The average Bonchev–Trinajstić information content (AvgIpc) is 2.71. The summed E-state index contributed by atoms with van der Waals surface area (Å²) in [5.41, 5.74) is 0.921. The molecule has 1 aromatic carbocycles. The normalized spacial score (nSPS) is 12.0. The molecule has 0 radical (unpaired) electrons. The molecular formula is C14H14BrClN2O2S. The fourth-order valence-corrected chi connectivity index (χ4v) is 3.14. The summed E-state index contributed by atoms with van der Waals surface area (Å²) >= 11 is 10.7. The third-order valence-corrected chi connectivity index (χ3v) is 4.67. The highest BCUT2D eigenvalue weighted by atomic mass is 79.9. The minimum atomic E-state index is -0.646. The zero-order valence-corrected chi connectivity index (χ0v) is 14.9. The van der Waals surface area contributed by atoms with Crippen LogP contribution in [0.3, 0.4) is 0 Å². The zero-order valence-electron chi connectivity index (χ0n) is 11.7. The molecule has 0 saturated carbocycles. The number of nitrogens with one attached hydrogen (secondary N) is 1. The van der Waals surface area contributed by atoms with Crippen molar-refractivity contribution in [2.24, 2.45) is 0 Å². The Morgan fingerprint density at radius 1 is 1.48 bits per heavy atom. The fraction of sp³-hybridized carbons (Fsp3) is 0.286. The predicted molar refractivity (Wildman–Crippen MR) is 89.5 cm³/mol. The largest absolute Gasteiger partial charge is 0.480 e. The van der Waals surface area contributed by atoms with Crippen LogP contribution in [0.1, 0.15) is 17.5 Å². The second-order valence-electron chi connectivity index (χ2n) is 4.48. The Morgan fingerprint density at radius 3 is 2.76 bits per heavy atom. The van der Waals surface area contributed by atoms with E-state index in [0.29, 0.717) is 20.4 Å². The number of rotatable bonds is 4. The van der Waals surface area contributed by atoms with E-state index < -0.39 is 6.10 Å². The summed E-state index contributed by atoms with van der Waals surface area (Å²) in [5.74, 6) is 0.319. The number of carbonyl (C=O) groups excluding carboxylic acids is 1. The second-order valence-corrected chi connectivity index (χ2v) is 6.98. The lowest BCUT2D eigenvalue weighted by Crippen LogP contribution is -2.30. The van der Waals surface area contributed by atoms with Crippen LogP contribution >= 0.6 is 38.9 Å². The molecular weight excluding hydrogens is 376 g/mol. The van der Waals surface area contributed by atoms with Crippen LogP contribution in [0.2, 0.25) is 5.02 Å². The van der Waals surface area contributed by atoms with E-state index >= 15 is 0 Å².